The number of hydrogen-bond donors (Lipinski definition) is 2. The molecule has 1 aliphatic heterocycles. The molecule has 12 nitrogen and oxygen atoms in total. The van der Waals surface area contributed by atoms with Gasteiger partial charge in [0.1, 0.15) is 4.70 Å². The molecule has 2 heterocycles. The van der Waals surface area contributed by atoms with Gasteiger partial charge >= 0.3 is 0 Å². The smallest absolute Gasteiger partial charge is 0.276 e. The lowest BCUT2D eigenvalue weighted by Gasteiger charge is -2.28. The van der Waals surface area contributed by atoms with Crippen LogP contribution in [-0.2, 0) is 25.3 Å². The Kier molecular flexibility index (Phi) is 14.7. The normalized spacial score (nSPS) is 15.5. The highest BCUT2D eigenvalue weighted by Crippen LogP contribution is 2.47. The number of nitro groups is 1. The number of rotatable bonds is 19. The van der Waals surface area contributed by atoms with Gasteiger partial charge in [-0.1, -0.05) is 81.7 Å². The molecule has 0 fully saturated rings. The summed E-state index contributed by atoms with van der Waals surface area (Å²) in [5.41, 5.74) is 8.73. The van der Waals surface area contributed by atoms with Crippen LogP contribution in [-0.4, -0.2) is 33.5 Å². The lowest BCUT2D eigenvalue weighted by atomic mass is 10.1. The second kappa shape index (κ2) is 20.5. The molecule has 0 radical (unpaired) electrons. The van der Waals surface area contributed by atoms with Crippen LogP contribution in [0.3, 0.4) is 0 Å². The molecule has 0 saturated carbocycles. The van der Waals surface area contributed by atoms with Crippen molar-refractivity contribution in [3.8, 4) is 0 Å². The van der Waals surface area contributed by atoms with Crippen molar-refractivity contribution in [2.75, 3.05) is 27.9 Å². The zero-order valence-corrected chi connectivity index (χ0v) is 34.7. The Bertz CT molecular complexity index is 2300. The van der Waals surface area contributed by atoms with Crippen molar-refractivity contribution in [1.82, 2.24) is 0 Å². The quantitative estimate of drug-likeness (QED) is 0.0204. The Morgan fingerprint density at radius 1 is 0.879 bits per heavy atom. The average Bonchev–Trinajstić information content (AvgIpc) is 3.92. The third-order valence-corrected chi connectivity index (χ3v) is 13.1. The first-order valence-electron chi connectivity index (χ1n) is 18.5. The van der Waals surface area contributed by atoms with Crippen molar-refractivity contribution < 1.29 is 38.7 Å². The van der Waals surface area contributed by atoms with Crippen LogP contribution in [0.4, 0.5) is 22.7 Å². The van der Waals surface area contributed by atoms with Crippen LogP contribution in [0.2, 0.25) is 0 Å². The number of hydrogen-bond acceptors (Lipinski definition) is 14. The molecule has 2 aliphatic rings. The van der Waals surface area contributed by atoms with E-state index in [2.05, 4.69) is 131 Å². The summed E-state index contributed by atoms with van der Waals surface area (Å²) in [7, 11) is 0. The summed E-state index contributed by atoms with van der Waals surface area (Å²) in [6, 6.07) is 32.3. The Labute approximate surface area is 353 Å². The molecular weight excluding hydrogens is 817 g/mol. The summed E-state index contributed by atoms with van der Waals surface area (Å²) >= 11 is 5.40. The Hall–Kier alpha value is -4.46. The number of aromatic nitrogens is 1. The van der Waals surface area contributed by atoms with Gasteiger partial charge in [-0.15, -0.1) is 8.67 Å². The fourth-order valence-corrected chi connectivity index (χ4v) is 9.89. The number of thioether (sulfide) groups is 1. The maximum absolute atomic E-state index is 11.8. The summed E-state index contributed by atoms with van der Waals surface area (Å²) in [5, 5.41) is 38.5. The van der Waals surface area contributed by atoms with Gasteiger partial charge in [-0.2, -0.15) is 4.57 Å². The van der Waals surface area contributed by atoms with Gasteiger partial charge in [0.2, 0.25) is 5.52 Å². The van der Waals surface area contributed by atoms with Gasteiger partial charge in [-0.3, -0.25) is 10.1 Å². The highest BCUT2D eigenvalue weighted by atomic mass is 32.2. The van der Waals surface area contributed by atoms with E-state index < -0.39 is 0 Å². The van der Waals surface area contributed by atoms with E-state index in [0.717, 1.165) is 92.8 Å². The zero-order chi connectivity index (χ0) is 40.3. The minimum absolute atomic E-state index is 0.0356. The fraction of sp³-hybridized carbons (Fsp3) is 0.214. The number of para-hydroxylation sites is 2. The SMILES string of the molecule is Cc1ccc2c(c1)N(CCCSOOO)/C(=C/C=C1\CCC(/C=C/c3sc4ccc([N+](=O)[O-])cc4[n+]3CCCSOOO)=C1N(c1ccccc1)c1ccccc1)S2. The number of anilines is 3. The first kappa shape index (κ1) is 41.7. The topological polar surface area (TPSA) is 131 Å². The highest BCUT2D eigenvalue weighted by molar-refractivity contribution is 8.03. The van der Waals surface area contributed by atoms with Gasteiger partial charge in [0, 0.05) is 77.0 Å². The summed E-state index contributed by atoms with van der Waals surface area (Å²) in [6.07, 6.45) is 11.9. The lowest BCUT2D eigenvalue weighted by molar-refractivity contribution is -0.668. The van der Waals surface area contributed by atoms with Crippen LogP contribution in [0.15, 0.2) is 142 Å². The number of fused-ring (bicyclic) bond motifs is 2. The van der Waals surface area contributed by atoms with Gasteiger partial charge in [-0.05, 0) is 97.5 Å². The Morgan fingerprint density at radius 2 is 1.59 bits per heavy atom. The van der Waals surface area contributed by atoms with Gasteiger partial charge in [0.15, 0.2) is 6.54 Å². The predicted octanol–water partition coefficient (Wildman–Crippen LogP) is 11.6. The molecule has 1 aliphatic carbocycles. The molecule has 0 saturated heterocycles. The van der Waals surface area contributed by atoms with Crippen LogP contribution in [0.25, 0.3) is 16.3 Å². The molecule has 0 spiro atoms. The van der Waals surface area contributed by atoms with Crippen molar-refractivity contribution in [1.29, 1.82) is 0 Å². The molecule has 58 heavy (non-hydrogen) atoms. The van der Waals surface area contributed by atoms with Gasteiger partial charge < -0.3 is 9.80 Å². The molecule has 0 unspecified atom stereocenters. The number of thiazole rings is 1. The highest BCUT2D eigenvalue weighted by Gasteiger charge is 2.29. The first-order valence-corrected chi connectivity index (χ1v) is 22.0. The van der Waals surface area contributed by atoms with Crippen LogP contribution in [0.5, 0.6) is 0 Å². The molecule has 5 aromatic rings. The van der Waals surface area contributed by atoms with E-state index in [0.29, 0.717) is 24.5 Å². The number of nitro benzene ring substituents is 1. The molecule has 7 rings (SSSR count). The van der Waals surface area contributed by atoms with Crippen molar-refractivity contribution >= 4 is 86.2 Å². The van der Waals surface area contributed by atoms with E-state index in [9.17, 15) is 10.1 Å². The third-order valence-electron chi connectivity index (χ3n) is 9.56. The number of aryl methyl sites for hydroxylation is 2. The van der Waals surface area contributed by atoms with E-state index >= 15 is 0 Å². The summed E-state index contributed by atoms with van der Waals surface area (Å²) in [6.45, 7) is 3.44. The van der Waals surface area contributed by atoms with E-state index in [1.165, 1.54) is 21.7 Å². The minimum Gasteiger partial charge on any atom is -0.335 e. The van der Waals surface area contributed by atoms with Crippen molar-refractivity contribution in [2.24, 2.45) is 0 Å². The van der Waals surface area contributed by atoms with Crippen molar-refractivity contribution in [3.05, 3.63) is 158 Å². The van der Waals surface area contributed by atoms with Crippen molar-refractivity contribution in [3.63, 3.8) is 0 Å². The maximum atomic E-state index is 11.8. The third kappa shape index (κ3) is 10.0. The largest absolute Gasteiger partial charge is 0.335 e. The zero-order valence-electron chi connectivity index (χ0n) is 31.5. The van der Waals surface area contributed by atoms with E-state index in [4.69, 9.17) is 10.5 Å². The Morgan fingerprint density at radius 3 is 2.28 bits per heavy atom. The van der Waals surface area contributed by atoms with Crippen LogP contribution < -0.4 is 14.4 Å². The van der Waals surface area contributed by atoms with E-state index in [-0.39, 0.29) is 10.6 Å². The number of non-ortho nitro benzene ring substituents is 1. The van der Waals surface area contributed by atoms with E-state index in [1.807, 2.05) is 18.2 Å². The summed E-state index contributed by atoms with van der Waals surface area (Å²) < 4.78 is 12.3. The summed E-state index contributed by atoms with van der Waals surface area (Å²) in [4.78, 5) is 17.3. The molecule has 0 bridgehead atoms. The van der Waals surface area contributed by atoms with Crippen LogP contribution in [0.1, 0.15) is 36.3 Å². The van der Waals surface area contributed by atoms with Crippen molar-refractivity contribution in [2.45, 2.75) is 44.0 Å². The minimum atomic E-state index is -0.370. The van der Waals surface area contributed by atoms with E-state index in [1.54, 1.807) is 35.2 Å². The number of allylic oxidation sites excluding steroid dienone is 5. The lowest BCUT2D eigenvalue weighted by Crippen LogP contribution is -2.35. The monoisotopic (exact) mass is 857 g/mol. The molecule has 0 atom stereocenters. The molecule has 1 aromatic heterocycles. The second-order valence-electron chi connectivity index (χ2n) is 13.3. The molecule has 0 amide bonds. The van der Waals surface area contributed by atoms with Crippen LogP contribution in [0, 0.1) is 17.0 Å². The molecule has 2 N–H and O–H groups in total. The standard InChI is InChI=1S/C42H40N4O8S4/c1-30-14-20-38-36(28-30)43(24-8-26-55-53-51-49)40(57-38)22-17-31-15-16-32(42(31)45(33-10-4-2-5-11-33)34-12-6-3-7-13-34)18-23-41-44(25-9-27-56-54-52-50)37-29-35(46(47)48)19-21-39(37)58-41/h2-7,10-14,17-23,28-29H,8-9,15-16,24-27H2,1H3,(H-,49,50)/p+1. The predicted molar refractivity (Wildman–Crippen MR) is 233 cm³/mol. The molecule has 300 valence electrons. The number of benzene rings is 4. The molecule has 16 heteroatoms. The van der Waals surface area contributed by atoms with Gasteiger partial charge in [0.25, 0.3) is 10.7 Å². The fourth-order valence-electron chi connectivity index (χ4n) is 7.03. The first-order chi connectivity index (χ1) is 28.4. The van der Waals surface area contributed by atoms with Gasteiger partial charge in [0.05, 0.1) is 27.4 Å². The Balaban J connectivity index is 1.31. The molecular formula is C42H41N4O8S4+. The number of nitrogens with zero attached hydrogens (tertiary/aromatic N) is 4. The average molecular weight is 858 g/mol. The molecule has 4 aromatic carbocycles. The van der Waals surface area contributed by atoms with Gasteiger partial charge in [-0.25, -0.2) is 10.5 Å². The summed E-state index contributed by atoms with van der Waals surface area (Å²) in [5.74, 6) is 1.18. The maximum Gasteiger partial charge on any atom is 0.276 e. The van der Waals surface area contributed by atoms with Crippen LogP contribution >= 0.6 is 47.2 Å². The second-order valence-corrected chi connectivity index (χ2v) is 17.0.